The van der Waals surface area contributed by atoms with Crippen LogP contribution in [0.4, 0.5) is 11.4 Å². The zero-order valence-electron chi connectivity index (χ0n) is 14.4. The summed E-state index contributed by atoms with van der Waals surface area (Å²) in [7, 11) is 0. The van der Waals surface area contributed by atoms with Gasteiger partial charge < -0.3 is 10.6 Å². The van der Waals surface area contributed by atoms with E-state index in [2.05, 4.69) is 31.9 Å². The third-order valence-corrected chi connectivity index (χ3v) is 4.70. The zero-order chi connectivity index (χ0) is 19.4. The molecule has 0 saturated carbocycles. The lowest BCUT2D eigenvalue weighted by Gasteiger charge is -2.12. The summed E-state index contributed by atoms with van der Waals surface area (Å²) in [5.41, 5.74) is 1.93. The van der Waals surface area contributed by atoms with E-state index in [9.17, 15) is 9.59 Å². The van der Waals surface area contributed by atoms with Gasteiger partial charge in [0.2, 0.25) is 5.91 Å². The number of fused-ring (bicyclic) bond motifs is 1. The monoisotopic (exact) mass is 441 g/mol. The number of rotatable bonds is 3. The number of hydrogen-bond donors (Lipinski definition) is 3. The molecular weight excluding hydrogens is 426 g/mol. The minimum absolute atomic E-state index is 0.139. The molecular formula is C20H16BrN3O2S. The molecule has 0 fully saturated rings. The van der Waals surface area contributed by atoms with E-state index in [1.54, 1.807) is 30.3 Å². The minimum atomic E-state index is -0.286. The number of nitrogens with one attached hydrogen (secondary N) is 3. The molecule has 0 spiro atoms. The maximum absolute atomic E-state index is 12.6. The molecule has 0 heterocycles. The van der Waals surface area contributed by atoms with Crippen molar-refractivity contribution in [2.75, 3.05) is 10.6 Å². The second-order valence-electron chi connectivity index (χ2n) is 5.81. The second kappa shape index (κ2) is 8.28. The van der Waals surface area contributed by atoms with Gasteiger partial charge in [0.15, 0.2) is 5.11 Å². The molecule has 0 aliphatic carbocycles. The molecule has 3 N–H and O–H groups in total. The topological polar surface area (TPSA) is 70.2 Å². The highest BCUT2D eigenvalue weighted by Gasteiger charge is 2.12. The van der Waals surface area contributed by atoms with Crippen molar-refractivity contribution in [1.82, 2.24) is 5.32 Å². The molecule has 5 nitrogen and oxygen atoms in total. The van der Waals surface area contributed by atoms with Gasteiger partial charge >= 0.3 is 0 Å². The van der Waals surface area contributed by atoms with Crippen LogP contribution in [0.3, 0.4) is 0 Å². The fourth-order valence-corrected chi connectivity index (χ4v) is 3.35. The van der Waals surface area contributed by atoms with E-state index in [0.717, 1.165) is 15.2 Å². The summed E-state index contributed by atoms with van der Waals surface area (Å²) in [4.78, 5) is 23.7. The lowest BCUT2D eigenvalue weighted by Crippen LogP contribution is -2.34. The molecule has 0 aromatic heterocycles. The highest BCUT2D eigenvalue weighted by molar-refractivity contribution is 9.10. The van der Waals surface area contributed by atoms with Crippen LogP contribution in [0.1, 0.15) is 17.3 Å². The Morgan fingerprint density at radius 3 is 2.11 bits per heavy atom. The molecule has 3 aromatic carbocycles. The Morgan fingerprint density at radius 2 is 1.44 bits per heavy atom. The van der Waals surface area contributed by atoms with Crippen LogP contribution in [-0.4, -0.2) is 16.9 Å². The Bertz CT molecular complexity index is 1040. The van der Waals surface area contributed by atoms with Crippen molar-refractivity contribution in [3.05, 3.63) is 70.7 Å². The smallest absolute Gasteiger partial charge is 0.258 e. The molecule has 0 unspecified atom stereocenters. The Hall–Kier alpha value is -2.77. The Morgan fingerprint density at radius 1 is 0.852 bits per heavy atom. The molecule has 7 heteroatoms. The fraction of sp³-hybridized carbons (Fsp3) is 0.0500. The quantitative estimate of drug-likeness (QED) is 0.515. The van der Waals surface area contributed by atoms with E-state index in [1.165, 1.54) is 6.92 Å². The van der Waals surface area contributed by atoms with E-state index >= 15 is 0 Å². The average molecular weight is 442 g/mol. The maximum atomic E-state index is 12.6. The lowest BCUT2D eigenvalue weighted by molar-refractivity contribution is -0.114. The third-order valence-electron chi connectivity index (χ3n) is 3.80. The number of anilines is 2. The molecule has 2 amide bonds. The number of halogens is 1. The van der Waals surface area contributed by atoms with Gasteiger partial charge in [-0.15, -0.1) is 0 Å². The van der Waals surface area contributed by atoms with Crippen molar-refractivity contribution in [2.45, 2.75) is 6.92 Å². The molecule has 0 aliphatic heterocycles. The van der Waals surface area contributed by atoms with Crippen molar-refractivity contribution in [3.8, 4) is 0 Å². The van der Waals surface area contributed by atoms with Crippen LogP contribution in [-0.2, 0) is 4.79 Å². The van der Waals surface area contributed by atoms with Crippen LogP contribution in [0.25, 0.3) is 10.8 Å². The van der Waals surface area contributed by atoms with Crippen molar-refractivity contribution in [2.24, 2.45) is 0 Å². The van der Waals surface area contributed by atoms with Gasteiger partial charge in [-0.1, -0.05) is 40.2 Å². The summed E-state index contributed by atoms with van der Waals surface area (Å²) in [6, 6.07) is 18.3. The van der Waals surface area contributed by atoms with Crippen molar-refractivity contribution in [1.29, 1.82) is 0 Å². The van der Waals surface area contributed by atoms with Crippen LogP contribution in [0.2, 0.25) is 0 Å². The average Bonchev–Trinajstić information content (AvgIpc) is 2.63. The summed E-state index contributed by atoms with van der Waals surface area (Å²) >= 11 is 8.74. The number of carbonyl (C=O) groups excluding carboxylic acids is 2. The van der Waals surface area contributed by atoms with E-state index in [0.29, 0.717) is 16.9 Å². The van der Waals surface area contributed by atoms with Crippen LogP contribution in [0.15, 0.2) is 65.1 Å². The normalized spacial score (nSPS) is 10.3. The van der Waals surface area contributed by atoms with Gasteiger partial charge in [0.1, 0.15) is 0 Å². The van der Waals surface area contributed by atoms with E-state index < -0.39 is 0 Å². The second-order valence-corrected chi connectivity index (χ2v) is 7.07. The Kier molecular flexibility index (Phi) is 5.83. The molecule has 0 radical (unpaired) electrons. The number of amides is 2. The van der Waals surface area contributed by atoms with Gasteiger partial charge in [-0.25, -0.2) is 0 Å². The summed E-state index contributed by atoms with van der Waals surface area (Å²) < 4.78 is 0.926. The molecule has 0 bridgehead atoms. The first-order valence-electron chi connectivity index (χ1n) is 8.11. The van der Waals surface area contributed by atoms with Gasteiger partial charge in [-0.2, -0.15) is 0 Å². The Labute approximate surface area is 170 Å². The molecule has 0 aliphatic rings. The summed E-state index contributed by atoms with van der Waals surface area (Å²) in [6.45, 7) is 1.45. The molecule has 0 saturated heterocycles. The zero-order valence-corrected chi connectivity index (χ0v) is 16.8. The largest absolute Gasteiger partial charge is 0.332 e. The van der Waals surface area contributed by atoms with Gasteiger partial charge in [-0.3, -0.25) is 14.9 Å². The van der Waals surface area contributed by atoms with Crippen molar-refractivity contribution < 1.29 is 9.59 Å². The summed E-state index contributed by atoms with van der Waals surface area (Å²) in [5.74, 6) is -0.425. The predicted molar refractivity (Wildman–Crippen MR) is 116 cm³/mol. The van der Waals surface area contributed by atoms with E-state index in [-0.39, 0.29) is 16.9 Å². The highest BCUT2D eigenvalue weighted by Crippen LogP contribution is 2.26. The maximum Gasteiger partial charge on any atom is 0.258 e. The lowest BCUT2D eigenvalue weighted by atomic mass is 10.0. The van der Waals surface area contributed by atoms with Gasteiger partial charge in [-0.05, 0) is 59.4 Å². The fourth-order valence-electron chi connectivity index (χ4n) is 2.64. The van der Waals surface area contributed by atoms with Crippen LogP contribution < -0.4 is 16.0 Å². The summed E-state index contributed by atoms with van der Waals surface area (Å²) in [6.07, 6.45) is 0. The molecule has 3 rings (SSSR count). The number of hydrogen-bond acceptors (Lipinski definition) is 3. The van der Waals surface area contributed by atoms with E-state index in [4.69, 9.17) is 12.2 Å². The van der Waals surface area contributed by atoms with Crippen LogP contribution >= 0.6 is 28.1 Å². The van der Waals surface area contributed by atoms with Crippen molar-refractivity contribution >= 4 is 67.2 Å². The van der Waals surface area contributed by atoms with Gasteiger partial charge in [0.25, 0.3) is 5.91 Å². The van der Waals surface area contributed by atoms with E-state index in [1.807, 2.05) is 30.3 Å². The number of carbonyl (C=O) groups is 2. The molecule has 27 heavy (non-hydrogen) atoms. The van der Waals surface area contributed by atoms with Gasteiger partial charge in [0.05, 0.1) is 0 Å². The first kappa shape index (κ1) is 19.0. The molecule has 136 valence electrons. The molecule has 0 atom stereocenters. The van der Waals surface area contributed by atoms with Crippen LogP contribution in [0.5, 0.6) is 0 Å². The first-order valence-corrected chi connectivity index (χ1v) is 9.31. The SMILES string of the molecule is CC(=O)Nc1ccc(NC(=S)NC(=O)c2cccc3c(Br)cccc23)cc1. The van der Waals surface area contributed by atoms with Crippen LogP contribution in [0, 0.1) is 0 Å². The predicted octanol–water partition coefficient (Wildman–Crippen LogP) is 4.69. The molecule has 3 aromatic rings. The third kappa shape index (κ3) is 4.69. The first-order chi connectivity index (χ1) is 12.9. The number of benzene rings is 3. The minimum Gasteiger partial charge on any atom is -0.332 e. The van der Waals surface area contributed by atoms with Gasteiger partial charge in [0, 0.05) is 28.3 Å². The van der Waals surface area contributed by atoms with Crippen molar-refractivity contribution in [3.63, 3.8) is 0 Å². The summed E-state index contributed by atoms with van der Waals surface area (Å²) in [5, 5.41) is 10.3. The highest BCUT2D eigenvalue weighted by atomic mass is 79.9. The Balaban J connectivity index is 1.70. The number of thiocarbonyl (C=S) groups is 1. The standard InChI is InChI=1S/C20H16BrN3O2S/c1-12(25)22-13-8-10-14(11-9-13)23-20(27)24-19(26)17-6-2-5-16-15(17)4-3-7-18(16)21/h2-11H,1H3,(H,22,25)(H2,23,24,26,27).